The van der Waals surface area contributed by atoms with Crippen molar-refractivity contribution < 1.29 is 44.3 Å². The number of nitrogens with two attached hydrogens (primary N) is 2. The van der Waals surface area contributed by atoms with Crippen LogP contribution in [0.4, 0.5) is 5.69 Å². The molecule has 37 heavy (non-hydrogen) atoms. The van der Waals surface area contributed by atoms with E-state index in [1.165, 1.54) is 38.1 Å². The first-order chi connectivity index (χ1) is 17.2. The van der Waals surface area contributed by atoms with Gasteiger partial charge >= 0.3 is 5.97 Å². The van der Waals surface area contributed by atoms with Crippen LogP contribution in [0.2, 0.25) is 0 Å². The average Bonchev–Trinajstić information content (AvgIpc) is 2.82. The van der Waals surface area contributed by atoms with Crippen molar-refractivity contribution in [2.75, 3.05) is 19.8 Å². The highest BCUT2D eigenvalue weighted by atomic mass is 16.5. The maximum absolute atomic E-state index is 13.7. The molecule has 0 saturated carbocycles. The van der Waals surface area contributed by atoms with Crippen molar-refractivity contribution in [1.82, 2.24) is 4.90 Å². The lowest BCUT2D eigenvalue weighted by Gasteiger charge is -2.53. The number of rotatable bonds is 4. The Morgan fingerprint density at radius 2 is 1.81 bits per heavy atom. The molecule has 0 saturated heterocycles. The smallest absolute Gasteiger partial charge is 0.305 e. The normalized spacial score (nSPS) is 29.2. The number of amides is 1. The zero-order valence-corrected chi connectivity index (χ0v) is 20.3. The number of aliphatic hydroxyl groups excluding tert-OH is 2. The molecule has 0 fully saturated rings. The number of phenols is 1. The van der Waals surface area contributed by atoms with E-state index in [0.29, 0.717) is 0 Å². The summed E-state index contributed by atoms with van der Waals surface area (Å²) in [5.74, 6) is -10.0. The fourth-order valence-corrected chi connectivity index (χ4v) is 5.62. The SMILES string of the molecule is C=C1c2ccc(N)c(O)c2C(=O)C2=C(O)[C@]3(O)C(=O)C(C(N)=O)=C(O)[C@@H](N(C)C)[C@@H]3[C@@H](OC(=O)CC)[C@H]12. The number of phenolic OH excluding ortho intramolecular Hbond substituents is 1. The number of nitrogen functional groups attached to an aromatic ring is 1. The molecule has 3 aliphatic carbocycles. The molecule has 4 rings (SSSR count). The first-order valence-corrected chi connectivity index (χ1v) is 11.4. The van der Waals surface area contributed by atoms with Crippen molar-refractivity contribution >= 4 is 34.7 Å². The van der Waals surface area contributed by atoms with Crippen molar-refractivity contribution in [3.8, 4) is 5.75 Å². The highest BCUT2D eigenvalue weighted by Gasteiger charge is 2.68. The molecule has 196 valence electrons. The standard InChI is InChI=1S/C25H27N3O9/c1-5-11(29)37-21-12-8(2)9-6-7-10(26)18(30)13(9)19(31)14(12)22(33)25(36)16(21)17(28(3)4)20(32)15(23(25)34)24(27)35/h6-7,12,16-17,21,30,32-33,36H,2,5,26H2,1,3-4H3,(H2,27,35)/t12-,16-,17+,21+,25+/m1/s1. The summed E-state index contributed by atoms with van der Waals surface area (Å²) in [6, 6.07) is 1.40. The second kappa shape index (κ2) is 8.46. The zero-order valence-electron chi connectivity index (χ0n) is 20.3. The number of hydrogen-bond acceptors (Lipinski definition) is 11. The highest BCUT2D eigenvalue weighted by molar-refractivity contribution is 6.25. The predicted molar refractivity (Wildman–Crippen MR) is 129 cm³/mol. The molecule has 8 N–H and O–H groups in total. The minimum absolute atomic E-state index is 0.122. The van der Waals surface area contributed by atoms with Crippen molar-refractivity contribution in [1.29, 1.82) is 0 Å². The maximum atomic E-state index is 13.7. The van der Waals surface area contributed by atoms with Gasteiger partial charge in [-0.25, -0.2) is 0 Å². The topological polar surface area (TPSA) is 214 Å². The minimum Gasteiger partial charge on any atom is -0.510 e. The van der Waals surface area contributed by atoms with Crippen LogP contribution in [0.25, 0.3) is 5.57 Å². The largest absolute Gasteiger partial charge is 0.510 e. The Kier molecular flexibility index (Phi) is 5.92. The van der Waals surface area contributed by atoms with E-state index in [0.717, 1.165) is 0 Å². The summed E-state index contributed by atoms with van der Waals surface area (Å²) < 4.78 is 5.68. The Morgan fingerprint density at radius 1 is 1.19 bits per heavy atom. The molecule has 0 heterocycles. The van der Waals surface area contributed by atoms with Gasteiger partial charge in [0.2, 0.25) is 5.78 Å². The first kappa shape index (κ1) is 25.9. The van der Waals surface area contributed by atoms with Gasteiger partial charge in [0.05, 0.1) is 34.7 Å². The van der Waals surface area contributed by atoms with Crippen LogP contribution in [-0.4, -0.2) is 80.6 Å². The summed E-state index contributed by atoms with van der Waals surface area (Å²) in [5, 5.41) is 44.8. The second-order valence-electron chi connectivity index (χ2n) is 9.48. The van der Waals surface area contributed by atoms with Crippen LogP contribution in [0.1, 0.15) is 29.3 Å². The number of carbonyl (C=O) groups is 4. The van der Waals surface area contributed by atoms with Gasteiger partial charge in [0.15, 0.2) is 11.4 Å². The summed E-state index contributed by atoms with van der Waals surface area (Å²) in [6.07, 6.45) is -1.65. The Bertz CT molecular complexity index is 1360. The number of esters is 1. The minimum atomic E-state index is -3.01. The number of anilines is 1. The van der Waals surface area contributed by atoms with E-state index in [-0.39, 0.29) is 28.8 Å². The molecular formula is C25H27N3O9. The molecule has 3 aliphatic rings. The van der Waals surface area contributed by atoms with E-state index >= 15 is 0 Å². The summed E-state index contributed by atoms with van der Waals surface area (Å²) in [7, 11) is 2.92. The fourth-order valence-electron chi connectivity index (χ4n) is 5.62. The van der Waals surface area contributed by atoms with Crippen LogP contribution in [0.15, 0.2) is 41.4 Å². The lowest BCUT2D eigenvalue weighted by Crippen LogP contribution is -2.68. The van der Waals surface area contributed by atoms with Gasteiger partial charge in [0.25, 0.3) is 5.91 Å². The van der Waals surface area contributed by atoms with Gasteiger partial charge < -0.3 is 36.6 Å². The first-order valence-electron chi connectivity index (χ1n) is 11.4. The van der Waals surface area contributed by atoms with E-state index in [9.17, 15) is 39.6 Å². The molecule has 0 bridgehead atoms. The number of aromatic hydroxyl groups is 1. The monoisotopic (exact) mass is 513 g/mol. The van der Waals surface area contributed by atoms with Gasteiger partial charge in [-0.15, -0.1) is 0 Å². The number of likely N-dealkylation sites (N-methyl/N-ethyl adjacent to an activating group) is 1. The van der Waals surface area contributed by atoms with Crippen LogP contribution in [0, 0.1) is 11.8 Å². The van der Waals surface area contributed by atoms with Gasteiger partial charge in [0.1, 0.15) is 28.9 Å². The Hall–Kier alpha value is -4.16. The number of benzene rings is 1. The van der Waals surface area contributed by atoms with Gasteiger partial charge in [-0.05, 0) is 31.3 Å². The second-order valence-corrected chi connectivity index (χ2v) is 9.48. The van der Waals surface area contributed by atoms with Crippen LogP contribution in [-0.2, 0) is 19.1 Å². The van der Waals surface area contributed by atoms with E-state index in [4.69, 9.17) is 16.2 Å². The number of aliphatic hydroxyl groups is 3. The fraction of sp³-hybridized carbons (Fsp3) is 0.360. The molecule has 0 radical (unpaired) electrons. The average molecular weight is 514 g/mol. The Morgan fingerprint density at radius 3 is 2.35 bits per heavy atom. The van der Waals surface area contributed by atoms with Gasteiger partial charge in [-0.2, -0.15) is 0 Å². The molecule has 0 aromatic heterocycles. The molecule has 0 unspecified atom stereocenters. The van der Waals surface area contributed by atoms with Crippen LogP contribution in [0.5, 0.6) is 5.75 Å². The van der Waals surface area contributed by atoms with Crippen LogP contribution in [0.3, 0.4) is 0 Å². The molecule has 12 heteroatoms. The third-order valence-corrected chi connectivity index (χ3v) is 7.30. The summed E-state index contributed by atoms with van der Waals surface area (Å²) in [6.45, 7) is 5.51. The number of ketones is 2. The molecule has 12 nitrogen and oxygen atoms in total. The quantitative estimate of drug-likeness (QED) is 0.137. The summed E-state index contributed by atoms with van der Waals surface area (Å²) in [4.78, 5) is 53.3. The highest BCUT2D eigenvalue weighted by Crippen LogP contribution is 2.56. The van der Waals surface area contributed by atoms with Crippen molar-refractivity contribution in [2.24, 2.45) is 17.6 Å². The number of hydrogen-bond donors (Lipinski definition) is 6. The molecule has 1 aromatic carbocycles. The number of Topliss-reactive ketones (excluding diaryl/α,β-unsaturated/α-hetero) is 2. The number of carbonyl (C=O) groups excluding carboxylic acids is 4. The third kappa shape index (κ3) is 3.29. The molecule has 0 spiro atoms. The third-order valence-electron chi connectivity index (χ3n) is 7.30. The van der Waals surface area contributed by atoms with Crippen molar-refractivity contribution in [2.45, 2.75) is 31.1 Å². The predicted octanol–water partition coefficient (Wildman–Crippen LogP) is 0.105. The zero-order chi connectivity index (χ0) is 27.7. The van der Waals surface area contributed by atoms with Gasteiger partial charge in [0, 0.05) is 6.42 Å². The number of nitrogens with zero attached hydrogens (tertiary/aromatic N) is 1. The van der Waals surface area contributed by atoms with Crippen LogP contribution < -0.4 is 11.5 Å². The molecular weight excluding hydrogens is 486 g/mol. The van der Waals surface area contributed by atoms with E-state index < -0.39 is 81.4 Å². The van der Waals surface area contributed by atoms with Crippen LogP contribution >= 0.6 is 0 Å². The van der Waals surface area contributed by atoms with E-state index in [1.54, 1.807) is 0 Å². The molecule has 1 aromatic rings. The number of ether oxygens (including phenoxy) is 1. The molecule has 5 atom stereocenters. The molecule has 1 amide bonds. The number of primary amides is 1. The maximum Gasteiger partial charge on any atom is 0.305 e. The van der Waals surface area contributed by atoms with Gasteiger partial charge in [-0.3, -0.25) is 24.1 Å². The van der Waals surface area contributed by atoms with Gasteiger partial charge in [-0.1, -0.05) is 19.6 Å². The van der Waals surface area contributed by atoms with Crippen molar-refractivity contribution in [3.05, 3.63) is 52.5 Å². The lowest BCUT2D eigenvalue weighted by molar-refractivity contribution is -0.177. The van der Waals surface area contributed by atoms with Crippen molar-refractivity contribution in [3.63, 3.8) is 0 Å². The Labute approximate surface area is 211 Å². The number of fused-ring (bicyclic) bond motifs is 3. The van der Waals surface area contributed by atoms with E-state index in [2.05, 4.69) is 6.58 Å². The lowest BCUT2D eigenvalue weighted by atomic mass is 9.56. The molecule has 0 aliphatic heterocycles. The Balaban J connectivity index is 2.13. The van der Waals surface area contributed by atoms with E-state index in [1.807, 2.05) is 0 Å². The summed E-state index contributed by atoms with van der Waals surface area (Å²) in [5.41, 5.74) is 6.35. The summed E-state index contributed by atoms with van der Waals surface area (Å²) >= 11 is 0.